The highest BCUT2D eigenvalue weighted by molar-refractivity contribution is 7.91. The van der Waals surface area contributed by atoms with Gasteiger partial charge in [-0.15, -0.1) is 11.3 Å². The average Bonchev–Trinajstić information content (AvgIpc) is 2.92. The highest BCUT2D eigenvalue weighted by atomic mass is 32.2. The summed E-state index contributed by atoms with van der Waals surface area (Å²) in [5.41, 5.74) is 0. The minimum Gasteiger partial charge on any atom is -0.469 e. The summed E-state index contributed by atoms with van der Waals surface area (Å²) in [5, 5.41) is 0.741. The Kier molecular flexibility index (Phi) is 5.31. The number of nitrogens with zero attached hydrogens (tertiary/aromatic N) is 3. The lowest BCUT2D eigenvalue weighted by Gasteiger charge is -2.33. The van der Waals surface area contributed by atoms with Crippen LogP contribution in [-0.2, 0) is 19.6 Å². The number of hydrogen-bond acceptors (Lipinski definition) is 7. The number of piperazine rings is 1. The van der Waals surface area contributed by atoms with E-state index in [1.54, 1.807) is 6.92 Å². The molecule has 0 N–H and O–H groups in total. The summed E-state index contributed by atoms with van der Waals surface area (Å²) >= 11 is 1.19. The lowest BCUT2D eigenvalue weighted by atomic mass is 10.3. The molecule has 1 aromatic rings. The van der Waals surface area contributed by atoms with Gasteiger partial charge in [0, 0.05) is 32.7 Å². The molecule has 2 heterocycles. The quantitative estimate of drug-likeness (QED) is 0.722. The normalized spacial score (nSPS) is 17.8. The predicted octanol–water partition coefficient (Wildman–Crippen LogP) is 0.321. The summed E-state index contributed by atoms with van der Waals surface area (Å²) in [6.07, 6.45) is 1.75. The van der Waals surface area contributed by atoms with Crippen LogP contribution in [0.3, 0.4) is 0 Å². The molecule has 0 radical (unpaired) electrons. The Labute approximate surface area is 128 Å². The molecule has 1 aliphatic heterocycles. The van der Waals surface area contributed by atoms with Crippen LogP contribution in [-0.4, -0.2) is 68.4 Å². The van der Waals surface area contributed by atoms with Crippen molar-refractivity contribution in [1.82, 2.24) is 14.2 Å². The van der Waals surface area contributed by atoms with Crippen LogP contribution in [0.2, 0.25) is 0 Å². The second-order valence-electron chi connectivity index (χ2n) is 4.77. The maximum absolute atomic E-state index is 12.4. The molecule has 1 aromatic heterocycles. The fraction of sp³-hybridized carbons (Fsp3) is 0.667. The zero-order valence-electron chi connectivity index (χ0n) is 12.1. The van der Waals surface area contributed by atoms with E-state index in [-0.39, 0.29) is 5.97 Å². The second kappa shape index (κ2) is 6.82. The van der Waals surface area contributed by atoms with Crippen molar-refractivity contribution in [2.45, 2.75) is 17.6 Å². The summed E-state index contributed by atoms with van der Waals surface area (Å²) in [6, 6.07) is 0. The van der Waals surface area contributed by atoms with Gasteiger partial charge in [-0.3, -0.25) is 4.79 Å². The van der Waals surface area contributed by atoms with Gasteiger partial charge in [0.25, 0.3) is 10.0 Å². The van der Waals surface area contributed by atoms with Crippen molar-refractivity contribution in [2.24, 2.45) is 0 Å². The topological polar surface area (TPSA) is 79.8 Å². The summed E-state index contributed by atoms with van der Waals surface area (Å²) in [7, 11) is -2.06. The molecule has 9 heteroatoms. The molecule has 1 saturated heterocycles. The second-order valence-corrected chi connectivity index (χ2v) is 8.17. The molecule has 0 atom stereocenters. The molecule has 1 fully saturated rings. The zero-order valence-corrected chi connectivity index (χ0v) is 13.7. The number of carbonyl (C=O) groups is 1. The van der Waals surface area contributed by atoms with Crippen LogP contribution in [0.25, 0.3) is 0 Å². The van der Waals surface area contributed by atoms with E-state index in [2.05, 4.69) is 14.6 Å². The Morgan fingerprint density at radius 1 is 1.38 bits per heavy atom. The molecule has 7 nitrogen and oxygen atoms in total. The van der Waals surface area contributed by atoms with Gasteiger partial charge in [0.1, 0.15) is 0 Å². The van der Waals surface area contributed by atoms with Gasteiger partial charge >= 0.3 is 5.97 Å². The first-order chi connectivity index (χ1) is 9.93. The number of ether oxygens (including phenoxy) is 1. The number of esters is 1. The highest BCUT2D eigenvalue weighted by Crippen LogP contribution is 2.23. The van der Waals surface area contributed by atoms with Gasteiger partial charge in [0.15, 0.2) is 4.21 Å². The Morgan fingerprint density at radius 2 is 2.05 bits per heavy atom. The predicted molar refractivity (Wildman–Crippen MR) is 78.7 cm³/mol. The molecule has 0 spiro atoms. The van der Waals surface area contributed by atoms with E-state index in [1.807, 2.05) is 0 Å². The van der Waals surface area contributed by atoms with Crippen LogP contribution >= 0.6 is 11.3 Å². The zero-order chi connectivity index (χ0) is 15.5. The van der Waals surface area contributed by atoms with Crippen LogP contribution in [0.15, 0.2) is 10.4 Å². The molecule has 0 saturated carbocycles. The number of methoxy groups -OCH3 is 1. The van der Waals surface area contributed by atoms with Crippen molar-refractivity contribution < 1.29 is 17.9 Å². The first-order valence-corrected chi connectivity index (χ1v) is 8.91. The minimum atomic E-state index is -3.43. The van der Waals surface area contributed by atoms with Crippen LogP contribution in [0, 0.1) is 6.92 Å². The lowest BCUT2D eigenvalue weighted by molar-refractivity contribution is -0.141. The van der Waals surface area contributed by atoms with Crippen LogP contribution in [0.5, 0.6) is 0 Å². The number of aromatic nitrogens is 1. The Hall–Kier alpha value is -1.03. The lowest BCUT2D eigenvalue weighted by Crippen LogP contribution is -2.48. The molecule has 0 amide bonds. The van der Waals surface area contributed by atoms with E-state index in [4.69, 9.17) is 0 Å². The summed E-state index contributed by atoms with van der Waals surface area (Å²) in [4.78, 5) is 17.2. The number of thiazole rings is 1. The van der Waals surface area contributed by atoms with Gasteiger partial charge in [-0.2, -0.15) is 4.31 Å². The third-order valence-electron chi connectivity index (χ3n) is 3.39. The van der Waals surface area contributed by atoms with Gasteiger partial charge in [0.05, 0.1) is 24.7 Å². The maximum atomic E-state index is 12.4. The third kappa shape index (κ3) is 4.00. The van der Waals surface area contributed by atoms with E-state index in [1.165, 1.54) is 28.9 Å². The van der Waals surface area contributed by atoms with Gasteiger partial charge in [-0.05, 0) is 6.92 Å². The molecule has 0 aromatic carbocycles. The Bertz CT molecular complexity index is 591. The fourth-order valence-electron chi connectivity index (χ4n) is 2.13. The summed E-state index contributed by atoms with van der Waals surface area (Å²) in [6.45, 7) is 4.48. The molecule has 0 bridgehead atoms. The monoisotopic (exact) mass is 333 g/mol. The van der Waals surface area contributed by atoms with Gasteiger partial charge in [0.2, 0.25) is 0 Å². The highest BCUT2D eigenvalue weighted by Gasteiger charge is 2.29. The van der Waals surface area contributed by atoms with E-state index in [9.17, 15) is 13.2 Å². The summed E-state index contributed by atoms with van der Waals surface area (Å²) < 4.78 is 31.2. The first-order valence-electron chi connectivity index (χ1n) is 6.65. The van der Waals surface area contributed by atoms with E-state index < -0.39 is 10.0 Å². The third-order valence-corrected chi connectivity index (χ3v) is 6.63. The number of carbonyl (C=O) groups excluding carboxylic acids is 1. The Balaban J connectivity index is 1.90. The van der Waals surface area contributed by atoms with Gasteiger partial charge in [-0.25, -0.2) is 13.4 Å². The molecule has 118 valence electrons. The van der Waals surface area contributed by atoms with Crippen LogP contribution in [0.1, 0.15) is 11.4 Å². The van der Waals surface area contributed by atoms with Crippen LogP contribution in [0.4, 0.5) is 0 Å². The molecule has 21 heavy (non-hydrogen) atoms. The average molecular weight is 333 g/mol. The molecular formula is C12H19N3O4S2. The molecule has 0 aliphatic carbocycles. The Morgan fingerprint density at radius 3 is 2.57 bits per heavy atom. The van der Waals surface area contributed by atoms with Gasteiger partial charge < -0.3 is 9.64 Å². The largest absolute Gasteiger partial charge is 0.469 e. The number of aryl methyl sites for hydroxylation is 1. The smallest absolute Gasteiger partial charge is 0.306 e. The van der Waals surface area contributed by atoms with E-state index in [0.29, 0.717) is 43.4 Å². The van der Waals surface area contributed by atoms with Crippen molar-refractivity contribution in [1.29, 1.82) is 0 Å². The minimum absolute atomic E-state index is 0.245. The van der Waals surface area contributed by atoms with Crippen molar-refractivity contribution >= 4 is 27.3 Å². The van der Waals surface area contributed by atoms with Crippen LogP contribution < -0.4 is 0 Å². The van der Waals surface area contributed by atoms with Crippen molar-refractivity contribution in [3.63, 3.8) is 0 Å². The maximum Gasteiger partial charge on any atom is 0.306 e. The fourth-order valence-corrected chi connectivity index (χ4v) is 4.82. The van der Waals surface area contributed by atoms with E-state index in [0.717, 1.165) is 5.01 Å². The van der Waals surface area contributed by atoms with E-state index >= 15 is 0 Å². The number of sulfonamides is 1. The van der Waals surface area contributed by atoms with Crippen molar-refractivity contribution in [3.05, 3.63) is 11.2 Å². The van der Waals surface area contributed by atoms with Crippen molar-refractivity contribution in [3.8, 4) is 0 Å². The van der Waals surface area contributed by atoms with Crippen molar-refractivity contribution in [2.75, 3.05) is 39.8 Å². The summed E-state index contributed by atoms with van der Waals surface area (Å²) in [5.74, 6) is -0.245. The van der Waals surface area contributed by atoms with Gasteiger partial charge in [-0.1, -0.05) is 0 Å². The first kappa shape index (κ1) is 16.3. The number of rotatable bonds is 5. The SMILES string of the molecule is COC(=O)CCN1CCN(S(=O)(=O)c2cnc(C)s2)CC1. The molecule has 0 unspecified atom stereocenters. The molecular weight excluding hydrogens is 314 g/mol. The number of hydrogen-bond donors (Lipinski definition) is 0. The molecule has 1 aliphatic rings. The molecule has 2 rings (SSSR count). The standard InChI is InChI=1S/C12H19N3O4S2/c1-10-13-9-12(20-10)21(17,18)15-7-5-14(6-8-15)4-3-11(16)19-2/h9H,3-8H2,1-2H3.